The molecule has 0 saturated heterocycles. The van der Waals surface area contributed by atoms with Crippen LogP contribution in [-0.2, 0) is 16.1 Å². The van der Waals surface area contributed by atoms with Gasteiger partial charge in [0, 0.05) is 11.9 Å². The van der Waals surface area contributed by atoms with Crippen LogP contribution in [0.3, 0.4) is 0 Å². The topological polar surface area (TPSA) is 44.1 Å². The lowest BCUT2D eigenvalue weighted by Gasteiger charge is -2.20. The number of carbonyl (C=O) groups excluding carboxylic acids is 1. The van der Waals surface area contributed by atoms with E-state index in [0.717, 1.165) is 20.3 Å². The standard InChI is InChI=1S/C14H17IN2O2/c1-9-12(15)13-10(6-5-7-16-13)17(9)8-11(18)19-14(2,3)4/h5-7H,8H2,1-4H3. The van der Waals surface area contributed by atoms with Crippen LogP contribution in [0.1, 0.15) is 26.5 Å². The summed E-state index contributed by atoms with van der Waals surface area (Å²) in [5.41, 5.74) is 2.49. The normalized spacial score (nSPS) is 11.8. The first-order chi connectivity index (χ1) is 8.79. The Balaban J connectivity index is 2.36. The van der Waals surface area contributed by atoms with Gasteiger partial charge in [0.1, 0.15) is 17.7 Å². The number of carbonyl (C=O) groups is 1. The van der Waals surface area contributed by atoms with Crippen LogP contribution in [0.25, 0.3) is 11.0 Å². The number of ether oxygens (including phenoxy) is 1. The molecule has 0 amide bonds. The molecule has 4 nitrogen and oxygen atoms in total. The van der Waals surface area contributed by atoms with E-state index in [9.17, 15) is 4.79 Å². The summed E-state index contributed by atoms with van der Waals surface area (Å²) in [6, 6.07) is 3.85. The van der Waals surface area contributed by atoms with Crippen LogP contribution in [0, 0.1) is 10.5 Å². The van der Waals surface area contributed by atoms with Crippen LogP contribution in [0.5, 0.6) is 0 Å². The maximum atomic E-state index is 12.0. The molecule has 2 aromatic rings. The fourth-order valence-electron chi connectivity index (χ4n) is 1.96. The molecule has 0 fully saturated rings. The molecule has 0 radical (unpaired) electrons. The fraction of sp³-hybridized carbons (Fsp3) is 0.429. The number of halogens is 1. The SMILES string of the molecule is Cc1c(I)c2ncccc2n1CC(=O)OC(C)(C)C. The van der Waals surface area contributed by atoms with Crippen LogP contribution in [-0.4, -0.2) is 21.1 Å². The van der Waals surface area contributed by atoms with Crippen LogP contribution < -0.4 is 0 Å². The molecule has 19 heavy (non-hydrogen) atoms. The van der Waals surface area contributed by atoms with Gasteiger partial charge < -0.3 is 9.30 Å². The zero-order chi connectivity index (χ0) is 14.2. The Morgan fingerprint density at radius 1 is 1.47 bits per heavy atom. The highest BCUT2D eigenvalue weighted by molar-refractivity contribution is 14.1. The Bertz CT molecular complexity index is 626. The summed E-state index contributed by atoms with van der Waals surface area (Å²) < 4.78 is 8.41. The van der Waals surface area contributed by atoms with Crippen molar-refractivity contribution in [2.75, 3.05) is 0 Å². The van der Waals surface area contributed by atoms with Gasteiger partial charge in [-0.15, -0.1) is 0 Å². The summed E-state index contributed by atoms with van der Waals surface area (Å²) in [6.45, 7) is 7.83. The second-order valence-corrected chi connectivity index (χ2v) is 6.52. The first-order valence-electron chi connectivity index (χ1n) is 6.11. The highest BCUT2D eigenvalue weighted by Crippen LogP contribution is 2.25. The molecule has 0 aliphatic carbocycles. The first kappa shape index (κ1) is 14.3. The predicted molar refractivity (Wildman–Crippen MR) is 83.0 cm³/mol. The zero-order valence-electron chi connectivity index (χ0n) is 11.5. The van der Waals surface area contributed by atoms with E-state index in [4.69, 9.17) is 4.74 Å². The fourth-order valence-corrected chi connectivity index (χ4v) is 2.67. The number of esters is 1. The highest BCUT2D eigenvalue weighted by atomic mass is 127. The van der Waals surface area contributed by atoms with Crippen molar-refractivity contribution in [3.05, 3.63) is 27.6 Å². The predicted octanol–water partition coefficient (Wildman–Crippen LogP) is 3.29. The van der Waals surface area contributed by atoms with Crippen molar-refractivity contribution in [2.24, 2.45) is 0 Å². The average molecular weight is 372 g/mol. The third-order valence-corrected chi connectivity index (χ3v) is 4.01. The molecule has 0 aliphatic heterocycles. The summed E-state index contributed by atoms with van der Waals surface area (Å²) in [7, 11) is 0. The van der Waals surface area contributed by atoms with E-state index < -0.39 is 5.60 Å². The zero-order valence-corrected chi connectivity index (χ0v) is 13.7. The number of aromatic nitrogens is 2. The molecule has 2 rings (SSSR count). The average Bonchev–Trinajstić information content (AvgIpc) is 2.53. The monoisotopic (exact) mass is 372 g/mol. The number of pyridine rings is 1. The number of nitrogens with zero attached hydrogens (tertiary/aromatic N) is 2. The Labute approximate surface area is 126 Å². The maximum Gasteiger partial charge on any atom is 0.326 e. The Morgan fingerprint density at radius 2 is 2.16 bits per heavy atom. The van der Waals surface area contributed by atoms with Crippen molar-refractivity contribution in [1.29, 1.82) is 0 Å². The number of hydrogen-bond donors (Lipinski definition) is 0. The molecule has 0 aromatic carbocycles. The molecule has 5 heteroatoms. The van der Waals surface area contributed by atoms with E-state index >= 15 is 0 Å². The number of rotatable bonds is 2. The van der Waals surface area contributed by atoms with Gasteiger partial charge in [-0.05, 0) is 62.4 Å². The molecule has 0 spiro atoms. The third kappa shape index (κ3) is 3.08. The maximum absolute atomic E-state index is 12.0. The lowest BCUT2D eigenvalue weighted by atomic mass is 10.2. The molecular weight excluding hydrogens is 355 g/mol. The number of fused-ring (bicyclic) bond motifs is 1. The highest BCUT2D eigenvalue weighted by Gasteiger charge is 2.19. The molecule has 2 aromatic heterocycles. The van der Waals surface area contributed by atoms with E-state index in [1.807, 2.05) is 44.4 Å². The largest absolute Gasteiger partial charge is 0.459 e. The molecule has 0 atom stereocenters. The van der Waals surface area contributed by atoms with Crippen molar-refractivity contribution < 1.29 is 9.53 Å². The van der Waals surface area contributed by atoms with E-state index in [0.29, 0.717) is 0 Å². The minimum absolute atomic E-state index is 0.217. The first-order valence-corrected chi connectivity index (χ1v) is 7.18. The van der Waals surface area contributed by atoms with Crippen molar-refractivity contribution in [2.45, 2.75) is 39.8 Å². The summed E-state index contributed by atoms with van der Waals surface area (Å²) in [4.78, 5) is 16.3. The Kier molecular flexibility index (Phi) is 3.85. The van der Waals surface area contributed by atoms with Crippen LogP contribution >= 0.6 is 22.6 Å². The smallest absolute Gasteiger partial charge is 0.326 e. The van der Waals surface area contributed by atoms with Gasteiger partial charge in [0.15, 0.2) is 0 Å². The molecule has 0 saturated carbocycles. The van der Waals surface area contributed by atoms with E-state index in [1.54, 1.807) is 6.20 Å². The van der Waals surface area contributed by atoms with Crippen molar-refractivity contribution >= 4 is 39.6 Å². The van der Waals surface area contributed by atoms with Gasteiger partial charge in [0.05, 0.1) is 9.09 Å². The van der Waals surface area contributed by atoms with Gasteiger partial charge in [0.2, 0.25) is 0 Å². The lowest BCUT2D eigenvalue weighted by Crippen LogP contribution is -2.26. The summed E-state index contributed by atoms with van der Waals surface area (Å²) >= 11 is 2.26. The molecular formula is C14H17IN2O2. The molecule has 0 aliphatic rings. The Hall–Kier alpha value is -1.11. The lowest BCUT2D eigenvalue weighted by molar-refractivity contribution is -0.155. The van der Waals surface area contributed by atoms with Gasteiger partial charge in [-0.1, -0.05) is 0 Å². The van der Waals surface area contributed by atoms with E-state index in [1.165, 1.54) is 0 Å². The quantitative estimate of drug-likeness (QED) is 0.600. The molecule has 102 valence electrons. The van der Waals surface area contributed by atoms with Crippen LogP contribution in [0.15, 0.2) is 18.3 Å². The van der Waals surface area contributed by atoms with Gasteiger partial charge in [-0.25, -0.2) is 0 Å². The van der Waals surface area contributed by atoms with Gasteiger partial charge in [-0.3, -0.25) is 9.78 Å². The van der Waals surface area contributed by atoms with Gasteiger partial charge in [-0.2, -0.15) is 0 Å². The van der Waals surface area contributed by atoms with Crippen LogP contribution in [0.4, 0.5) is 0 Å². The third-order valence-electron chi connectivity index (χ3n) is 2.71. The van der Waals surface area contributed by atoms with Crippen molar-refractivity contribution in [3.8, 4) is 0 Å². The van der Waals surface area contributed by atoms with Crippen molar-refractivity contribution in [1.82, 2.24) is 9.55 Å². The second-order valence-electron chi connectivity index (χ2n) is 5.44. The molecule has 0 bridgehead atoms. The summed E-state index contributed by atoms with van der Waals surface area (Å²) in [6.07, 6.45) is 1.77. The molecule has 2 heterocycles. The van der Waals surface area contributed by atoms with Gasteiger partial charge in [0.25, 0.3) is 0 Å². The van der Waals surface area contributed by atoms with E-state index in [-0.39, 0.29) is 12.5 Å². The minimum atomic E-state index is -0.459. The molecule has 0 N–H and O–H groups in total. The summed E-state index contributed by atoms with van der Waals surface area (Å²) in [5, 5.41) is 0. The number of hydrogen-bond acceptors (Lipinski definition) is 3. The van der Waals surface area contributed by atoms with Crippen molar-refractivity contribution in [3.63, 3.8) is 0 Å². The summed E-state index contributed by atoms with van der Waals surface area (Å²) in [5.74, 6) is -0.229. The minimum Gasteiger partial charge on any atom is -0.459 e. The van der Waals surface area contributed by atoms with E-state index in [2.05, 4.69) is 27.6 Å². The second kappa shape index (κ2) is 5.11. The van der Waals surface area contributed by atoms with Crippen LogP contribution in [0.2, 0.25) is 0 Å². The van der Waals surface area contributed by atoms with Gasteiger partial charge >= 0.3 is 5.97 Å². The Morgan fingerprint density at radius 3 is 2.79 bits per heavy atom. The molecule has 0 unspecified atom stereocenters.